The van der Waals surface area contributed by atoms with Gasteiger partial charge in [-0.3, -0.25) is 9.59 Å². The zero-order chi connectivity index (χ0) is 19.1. The third-order valence-electron chi connectivity index (χ3n) is 6.10. The number of halogens is 3. The summed E-state index contributed by atoms with van der Waals surface area (Å²) >= 11 is 13.5. The summed E-state index contributed by atoms with van der Waals surface area (Å²) in [4.78, 5) is 27.7. The van der Waals surface area contributed by atoms with E-state index < -0.39 is 29.3 Å². The van der Waals surface area contributed by atoms with Gasteiger partial charge in [0.05, 0.1) is 46.0 Å². The van der Waals surface area contributed by atoms with E-state index in [-0.39, 0.29) is 21.5 Å². The number of rotatable bonds is 2. The standard InChI is InChI=1S/C18H16Br2ClNO5/c1-17-10-11(15(24)22(14(10)23)9-4-2-3-8(21)7-9)18(27-17,13(20)12(17)19)16-25-5-6-26-16/h2-4,7,10-13,16H,5-6H2,1H3. The summed E-state index contributed by atoms with van der Waals surface area (Å²) < 4.78 is 18.0. The van der Waals surface area contributed by atoms with E-state index in [0.717, 1.165) is 0 Å². The summed E-state index contributed by atoms with van der Waals surface area (Å²) in [5, 5.41) is 0.463. The molecule has 27 heavy (non-hydrogen) atoms. The van der Waals surface area contributed by atoms with Crippen molar-refractivity contribution in [3.8, 4) is 0 Å². The fourth-order valence-corrected chi connectivity index (χ4v) is 7.09. The number of alkyl halides is 2. The van der Waals surface area contributed by atoms with Gasteiger partial charge in [0, 0.05) is 5.02 Å². The third-order valence-corrected chi connectivity index (χ3v) is 9.73. The monoisotopic (exact) mass is 519 g/mol. The number of carbonyl (C=O) groups is 2. The van der Waals surface area contributed by atoms with Crippen molar-refractivity contribution in [3.05, 3.63) is 29.3 Å². The lowest BCUT2D eigenvalue weighted by atomic mass is 9.67. The Kier molecular flexibility index (Phi) is 4.11. The molecular weight excluding hydrogens is 505 g/mol. The van der Waals surface area contributed by atoms with E-state index in [4.69, 9.17) is 25.8 Å². The second kappa shape index (κ2) is 6.00. The molecule has 4 heterocycles. The lowest BCUT2D eigenvalue weighted by Gasteiger charge is -2.39. The molecular formula is C18H16Br2ClNO5. The van der Waals surface area contributed by atoms with E-state index in [1.54, 1.807) is 24.3 Å². The SMILES string of the molecule is CC12OC(C3OCCO3)(C(Br)C1Br)C1C(=O)N(c3cccc(Cl)c3)C(=O)C12. The Morgan fingerprint density at radius 2 is 1.78 bits per heavy atom. The molecule has 4 fully saturated rings. The Balaban J connectivity index is 1.65. The van der Waals surface area contributed by atoms with Crippen molar-refractivity contribution in [3.63, 3.8) is 0 Å². The Hall–Kier alpha value is -0.510. The average Bonchev–Trinajstić information content (AvgIpc) is 3.34. The molecule has 5 rings (SSSR count). The largest absolute Gasteiger partial charge is 0.359 e. The molecule has 0 saturated carbocycles. The van der Waals surface area contributed by atoms with Crippen LogP contribution in [0.1, 0.15) is 6.92 Å². The molecule has 144 valence electrons. The van der Waals surface area contributed by atoms with Crippen LogP contribution in [0.3, 0.4) is 0 Å². The van der Waals surface area contributed by atoms with Crippen molar-refractivity contribution in [2.45, 2.75) is 34.1 Å². The maximum absolute atomic E-state index is 13.5. The lowest BCUT2D eigenvalue weighted by molar-refractivity contribution is -0.200. The van der Waals surface area contributed by atoms with Crippen molar-refractivity contribution >= 4 is 61.0 Å². The normalized spacial score (nSPS) is 43.8. The fourth-order valence-electron chi connectivity index (χ4n) is 5.00. The molecule has 4 aliphatic rings. The highest BCUT2D eigenvalue weighted by atomic mass is 79.9. The molecule has 4 aliphatic heterocycles. The summed E-state index contributed by atoms with van der Waals surface area (Å²) in [6.07, 6.45) is -0.713. The number of amides is 2. The molecule has 1 aromatic carbocycles. The molecule has 2 amide bonds. The number of benzene rings is 1. The number of ether oxygens (including phenoxy) is 3. The summed E-state index contributed by atoms with van der Waals surface area (Å²) in [5.74, 6) is -1.91. The van der Waals surface area contributed by atoms with Crippen LogP contribution in [0.2, 0.25) is 5.02 Å². The fraction of sp³-hybridized carbons (Fsp3) is 0.556. The van der Waals surface area contributed by atoms with Gasteiger partial charge in [-0.05, 0) is 25.1 Å². The first-order valence-electron chi connectivity index (χ1n) is 8.67. The van der Waals surface area contributed by atoms with Gasteiger partial charge in [0.1, 0.15) is 5.60 Å². The molecule has 0 N–H and O–H groups in total. The van der Waals surface area contributed by atoms with Gasteiger partial charge in [-0.25, -0.2) is 4.90 Å². The summed E-state index contributed by atoms with van der Waals surface area (Å²) in [5.41, 5.74) is -1.48. The molecule has 6 atom stereocenters. The van der Waals surface area contributed by atoms with Crippen LogP contribution in [0.5, 0.6) is 0 Å². The predicted molar refractivity (Wildman–Crippen MR) is 104 cm³/mol. The van der Waals surface area contributed by atoms with Crippen molar-refractivity contribution in [1.82, 2.24) is 0 Å². The van der Waals surface area contributed by atoms with E-state index in [9.17, 15) is 9.59 Å². The maximum Gasteiger partial charge on any atom is 0.240 e. The van der Waals surface area contributed by atoms with Crippen molar-refractivity contribution < 1.29 is 23.8 Å². The summed E-state index contributed by atoms with van der Waals surface area (Å²) in [7, 11) is 0. The topological polar surface area (TPSA) is 65.1 Å². The van der Waals surface area contributed by atoms with Crippen LogP contribution < -0.4 is 4.90 Å². The van der Waals surface area contributed by atoms with Gasteiger partial charge in [-0.1, -0.05) is 49.5 Å². The van der Waals surface area contributed by atoms with Crippen LogP contribution in [-0.2, 0) is 23.8 Å². The van der Waals surface area contributed by atoms with Crippen LogP contribution in [0.4, 0.5) is 5.69 Å². The summed E-state index contributed by atoms with van der Waals surface area (Å²) in [6, 6.07) is 6.75. The van der Waals surface area contributed by atoms with Crippen molar-refractivity contribution in [1.29, 1.82) is 0 Å². The van der Waals surface area contributed by atoms with Crippen molar-refractivity contribution in [2.24, 2.45) is 11.8 Å². The average molecular weight is 522 g/mol. The van der Waals surface area contributed by atoms with E-state index in [2.05, 4.69) is 31.9 Å². The predicted octanol–water partition coefficient (Wildman–Crippen LogP) is 2.89. The third kappa shape index (κ3) is 2.17. The molecule has 1 aromatic rings. The quantitative estimate of drug-likeness (QED) is 0.443. The number of hydrogen-bond donors (Lipinski definition) is 0. The van der Waals surface area contributed by atoms with Gasteiger partial charge in [0.25, 0.3) is 0 Å². The molecule has 6 unspecified atom stereocenters. The minimum Gasteiger partial charge on any atom is -0.359 e. The molecule has 0 aromatic heterocycles. The molecule has 9 heteroatoms. The van der Waals surface area contributed by atoms with Crippen LogP contribution in [0, 0.1) is 11.8 Å². The van der Waals surface area contributed by atoms with Gasteiger partial charge >= 0.3 is 0 Å². The van der Waals surface area contributed by atoms with Gasteiger partial charge in [0.15, 0.2) is 6.29 Å². The summed E-state index contributed by atoms with van der Waals surface area (Å²) in [6.45, 7) is 2.72. The number of imide groups is 1. The van der Waals surface area contributed by atoms with Crippen LogP contribution in [0.15, 0.2) is 24.3 Å². The molecule has 6 nitrogen and oxygen atoms in total. The highest BCUT2D eigenvalue weighted by Gasteiger charge is 2.82. The molecule has 0 spiro atoms. The minimum atomic E-state index is -1.08. The van der Waals surface area contributed by atoms with Gasteiger partial charge in [-0.15, -0.1) is 0 Å². The maximum atomic E-state index is 13.5. The first-order valence-corrected chi connectivity index (χ1v) is 10.9. The van der Waals surface area contributed by atoms with Gasteiger partial charge in [-0.2, -0.15) is 0 Å². The zero-order valence-corrected chi connectivity index (χ0v) is 18.2. The second-order valence-electron chi connectivity index (χ2n) is 7.46. The van der Waals surface area contributed by atoms with Crippen LogP contribution in [-0.4, -0.2) is 52.2 Å². The Morgan fingerprint density at radius 1 is 1.11 bits per heavy atom. The Labute approximate surface area is 177 Å². The molecule has 2 bridgehead atoms. The smallest absolute Gasteiger partial charge is 0.240 e. The van der Waals surface area contributed by atoms with Crippen molar-refractivity contribution in [2.75, 3.05) is 18.1 Å². The van der Waals surface area contributed by atoms with Crippen LogP contribution in [0.25, 0.3) is 0 Å². The molecule has 0 radical (unpaired) electrons. The number of hydrogen-bond acceptors (Lipinski definition) is 5. The van der Waals surface area contributed by atoms with E-state index >= 15 is 0 Å². The van der Waals surface area contributed by atoms with Gasteiger partial charge in [0.2, 0.25) is 11.8 Å². The zero-order valence-electron chi connectivity index (χ0n) is 14.2. The Bertz CT molecular complexity index is 845. The number of carbonyl (C=O) groups excluding carboxylic acids is 2. The molecule has 0 aliphatic carbocycles. The minimum absolute atomic E-state index is 0.185. The van der Waals surface area contributed by atoms with Gasteiger partial charge < -0.3 is 14.2 Å². The highest BCUT2D eigenvalue weighted by Crippen LogP contribution is 2.66. The number of anilines is 1. The number of fused-ring (bicyclic) bond motifs is 5. The number of nitrogens with zero attached hydrogens (tertiary/aromatic N) is 1. The van der Waals surface area contributed by atoms with E-state index in [0.29, 0.717) is 23.9 Å². The second-order valence-corrected chi connectivity index (χ2v) is 9.87. The highest BCUT2D eigenvalue weighted by molar-refractivity contribution is 9.12. The first-order chi connectivity index (χ1) is 12.8. The van der Waals surface area contributed by atoms with E-state index in [1.807, 2.05) is 6.92 Å². The Morgan fingerprint density at radius 3 is 2.44 bits per heavy atom. The lowest BCUT2D eigenvalue weighted by Crippen LogP contribution is -2.59. The van der Waals surface area contributed by atoms with E-state index in [1.165, 1.54) is 4.90 Å². The molecule has 4 saturated heterocycles. The first kappa shape index (κ1) is 18.5. The van der Waals surface area contributed by atoms with Crippen LogP contribution >= 0.6 is 43.5 Å².